The molecule has 76 heavy (non-hydrogen) atoms. The number of rotatable bonds is 12. The van der Waals surface area contributed by atoms with E-state index in [0.717, 1.165) is 106 Å². The van der Waals surface area contributed by atoms with Gasteiger partial charge in [0, 0.05) is 50.2 Å². The lowest BCUT2D eigenvalue weighted by Gasteiger charge is -2.33. The van der Waals surface area contributed by atoms with Crippen molar-refractivity contribution in [2.75, 3.05) is 14.7 Å². The quantitative estimate of drug-likeness (QED) is 0.122. The minimum Gasteiger partial charge on any atom is -0.455 e. The van der Waals surface area contributed by atoms with Gasteiger partial charge in [-0.25, -0.2) is 0 Å². The van der Waals surface area contributed by atoms with Crippen LogP contribution >= 0.6 is 0 Å². The molecule has 0 aliphatic carbocycles. The Morgan fingerprint density at radius 2 is 0.684 bits per heavy atom. The van der Waals surface area contributed by atoms with Crippen molar-refractivity contribution in [1.29, 1.82) is 0 Å². The van der Waals surface area contributed by atoms with E-state index < -0.39 is 0 Å². The zero-order valence-corrected chi connectivity index (χ0v) is 42.4. The van der Waals surface area contributed by atoms with E-state index in [4.69, 9.17) is 4.42 Å². The highest BCUT2D eigenvalue weighted by molar-refractivity contribution is 6.10. The number of furan rings is 1. The highest BCUT2D eigenvalue weighted by Crippen LogP contribution is 2.48. The van der Waals surface area contributed by atoms with E-state index in [2.05, 4.69) is 302 Å². The number of benzene rings is 12. The highest BCUT2D eigenvalue weighted by atomic mass is 16.3. The summed E-state index contributed by atoms with van der Waals surface area (Å²) in [6, 6.07) is 103. The molecule has 0 aliphatic rings. The van der Waals surface area contributed by atoms with Crippen LogP contribution in [0.2, 0.25) is 0 Å². The lowest BCUT2D eigenvalue weighted by Crippen LogP contribution is -2.16. The second-order valence-corrected chi connectivity index (χ2v) is 19.5. The Bertz CT molecular complexity index is 4030. The first kappa shape index (κ1) is 45.9. The van der Waals surface area contributed by atoms with Gasteiger partial charge in [-0.05, 0) is 149 Å². The Labute approximate surface area is 444 Å². The Hall–Kier alpha value is -9.90. The third-order valence-corrected chi connectivity index (χ3v) is 14.5. The summed E-state index contributed by atoms with van der Waals surface area (Å²) in [5.74, 6) is 0. The van der Waals surface area contributed by atoms with Gasteiger partial charge in [-0.3, -0.25) is 0 Å². The molecule has 4 nitrogen and oxygen atoms in total. The molecule has 0 radical (unpaired) electrons. The molecule has 0 fully saturated rings. The van der Waals surface area contributed by atoms with Crippen molar-refractivity contribution in [3.8, 4) is 33.4 Å². The first-order chi connectivity index (χ1) is 37.5. The number of aryl methyl sites for hydroxylation is 2. The van der Waals surface area contributed by atoms with Crippen molar-refractivity contribution in [1.82, 2.24) is 0 Å². The Morgan fingerprint density at radius 3 is 1.25 bits per heavy atom. The van der Waals surface area contributed by atoms with Crippen molar-refractivity contribution in [2.24, 2.45) is 0 Å². The summed E-state index contributed by atoms with van der Waals surface area (Å²) in [4.78, 5) is 7.24. The maximum atomic E-state index is 6.57. The fourth-order valence-electron chi connectivity index (χ4n) is 10.9. The molecule has 13 rings (SSSR count). The third kappa shape index (κ3) is 8.82. The normalized spacial score (nSPS) is 11.3. The van der Waals surface area contributed by atoms with Crippen molar-refractivity contribution in [2.45, 2.75) is 13.8 Å². The molecular formula is C72H53N3O. The van der Waals surface area contributed by atoms with Gasteiger partial charge < -0.3 is 19.1 Å². The molecule has 0 amide bonds. The minimum absolute atomic E-state index is 0.887. The van der Waals surface area contributed by atoms with E-state index in [1.54, 1.807) is 0 Å². The van der Waals surface area contributed by atoms with Crippen molar-refractivity contribution in [3.63, 3.8) is 0 Å². The van der Waals surface area contributed by atoms with Gasteiger partial charge in [-0.1, -0.05) is 194 Å². The standard InChI is InChI=1S/C72H53N3O/c1-50-17-13-25-61(45-50)73(58-39-33-54(34-40-58)52-19-5-3-6-20-52)63-47-64(74(62-26-14-18-51(2)46-62)59-41-35-55(36-42-59)53-21-7-4-8-22-53)49-65(48-63)75(70-31-15-24-56-23-9-10-27-66(56)70)60-43-37-57(38-44-60)67-29-16-30-69-68-28-11-12-32-71(68)76-72(67)69/h3-49H,1-2H3. The Kier molecular flexibility index (Phi) is 12.0. The lowest BCUT2D eigenvalue weighted by molar-refractivity contribution is 0.670. The summed E-state index contributed by atoms with van der Waals surface area (Å²) in [5, 5.41) is 4.54. The fraction of sp³-hybridized carbons (Fsp3) is 0.0278. The topological polar surface area (TPSA) is 22.9 Å². The largest absolute Gasteiger partial charge is 0.455 e. The molecule has 0 saturated carbocycles. The average Bonchev–Trinajstić information content (AvgIpc) is 3.92. The molecule has 0 atom stereocenters. The summed E-state index contributed by atoms with van der Waals surface area (Å²) < 4.78 is 6.57. The summed E-state index contributed by atoms with van der Waals surface area (Å²) >= 11 is 0. The Morgan fingerprint density at radius 1 is 0.263 bits per heavy atom. The second-order valence-electron chi connectivity index (χ2n) is 19.5. The fourth-order valence-corrected chi connectivity index (χ4v) is 10.9. The lowest BCUT2D eigenvalue weighted by atomic mass is 10.0. The van der Waals surface area contributed by atoms with E-state index in [-0.39, 0.29) is 0 Å². The van der Waals surface area contributed by atoms with Crippen LogP contribution in [0.4, 0.5) is 51.2 Å². The van der Waals surface area contributed by atoms with Crippen LogP contribution in [0.15, 0.2) is 290 Å². The monoisotopic (exact) mass is 975 g/mol. The van der Waals surface area contributed by atoms with Gasteiger partial charge in [0.2, 0.25) is 0 Å². The van der Waals surface area contributed by atoms with Crippen molar-refractivity contribution in [3.05, 3.63) is 296 Å². The smallest absolute Gasteiger partial charge is 0.143 e. The van der Waals surface area contributed by atoms with Crippen LogP contribution < -0.4 is 14.7 Å². The zero-order chi connectivity index (χ0) is 51.0. The van der Waals surface area contributed by atoms with Crippen molar-refractivity contribution >= 4 is 83.9 Å². The summed E-state index contributed by atoms with van der Waals surface area (Å²) in [6.07, 6.45) is 0. The molecule has 13 aromatic rings. The van der Waals surface area contributed by atoms with E-state index in [0.29, 0.717) is 0 Å². The van der Waals surface area contributed by atoms with Gasteiger partial charge in [0.05, 0.1) is 22.7 Å². The maximum Gasteiger partial charge on any atom is 0.143 e. The summed E-state index contributed by atoms with van der Waals surface area (Å²) in [5.41, 5.74) is 20.2. The highest BCUT2D eigenvalue weighted by Gasteiger charge is 2.24. The first-order valence-corrected chi connectivity index (χ1v) is 26.0. The van der Waals surface area contributed by atoms with Crippen molar-refractivity contribution < 1.29 is 4.42 Å². The van der Waals surface area contributed by atoms with E-state index >= 15 is 0 Å². The van der Waals surface area contributed by atoms with Gasteiger partial charge in [0.25, 0.3) is 0 Å². The van der Waals surface area contributed by atoms with Crippen LogP contribution in [0.3, 0.4) is 0 Å². The van der Waals surface area contributed by atoms with Gasteiger partial charge in [-0.15, -0.1) is 0 Å². The van der Waals surface area contributed by atoms with Crippen LogP contribution in [0.1, 0.15) is 11.1 Å². The maximum absolute atomic E-state index is 6.57. The molecule has 1 aromatic heterocycles. The van der Waals surface area contributed by atoms with Gasteiger partial charge in [0.15, 0.2) is 0 Å². The first-order valence-electron chi connectivity index (χ1n) is 26.0. The predicted molar refractivity (Wildman–Crippen MR) is 321 cm³/mol. The number of hydrogen-bond donors (Lipinski definition) is 0. The van der Waals surface area contributed by atoms with E-state index in [1.165, 1.54) is 22.3 Å². The molecule has 4 heteroatoms. The van der Waals surface area contributed by atoms with Gasteiger partial charge >= 0.3 is 0 Å². The molecule has 0 saturated heterocycles. The summed E-state index contributed by atoms with van der Waals surface area (Å²) in [6.45, 7) is 4.34. The van der Waals surface area contributed by atoms with E-state index in [1.807, 2.05) is 12.1 Å². The molecule has 1 heterocycles. The number of fused-ring (bicyclic) bond motifs is 4. The average molecular weight is 976 g/mol. The molecule has 0 unspecified atom stereocenters. The molecule has 0 spiro atoms. The Balaban J connectivity index is 1.05. The third-order valence-electron chi connectivity index (χ3n) is 14.5. The zero-order valence-electron chi connectivity index (χ0n) is 42.4. The molecule has 0 bridgehead atoms. The van der Waals surface area contributed by atoms with Crippen LogP contribution in [0, 0.1) is 13.8 Å². The molecule has 12 aromatic carbocycles. The van der Waals surface area contributed by atoms with Crippen LogP contribution in [-0.4, -0.2) is 0 Å². The SMILES string of the molecule is Cc1cccc(N(c2ccc(-c3ccccc3)cc2)c2cc(N(c3ccc(-c4ccccc4)cc3)c3cccc(C)c3)cc(N(c3ccc(-c4cccc5c4oc4ccccc45)cc3)c3cccc4ccccc34)c2)c1. The van der Waals surface area contributed by atoms with Crippen LogP contribution in [0.25, 0.3) is 66.1 Å². The number of para-hydroxylation sites is 2. The van der Waals surface area contributed by atoms with Crippen LogP contribution in [-0.2, 0) is 0 Å². The number of hydrogen-bond acceptors (Lipinski definition) is 4. The van der Waals surface area contributed by atoms with Gasteiger partial charge in [0.1, 0.15) is 11.2 Å². The molecule has 362 valence electrons. The summed E-state index contributed by atoms with van der Waals surface area (Å²) in [7, 11) is 0. The predicted octanol–water partition coefficient (Wildman–Crippen LogP) is 20.8. The van der Waals surface area contributed by atoms with Crippen LogP contribution in [0.5, 0.6) is 0 Å². The molecule has 0 N–H and O–H groups in total. The molecule has 0 aliphatic heterocycles. The number of anilines is 9. The van der Waals surface area contributed by atoms with E-state index in [9.17, 15) is 0 Å². The molecular weight excluding hydrogens is 923 g/mol. The van der Waals surface area contributed by atoms with Gasteiger partial charge in [-0.2, -0.15) is 0 Å². The number of nitrogens with zero attached hydrogens (tertiary/aromatic N) is 3. The minimum atomic E-state index is 0.887. The second kappa shape index (κ2) is 19.8.